The summed E-state index contributed by atoms with van der Waals surface area (Å²) in [5, 5.41) is 2.63. The SMILES string of the molecule is COCCn1c(C)c(C)c(S(=O)(=O)c2ccccc2)c1NC(=O)c1ccccc1F. The number of nitrogens with zero attached hydrogens (tertiary/aromatic N) is 1. The minimum Gasteiger partial charge on any atom is -0.383 e. The highest BCUT2D eigenvalue weighted by molar-refractivity contribution is 7.91. The van der Waals surface area contributed by atoms with Crippen molar-refractivity contribution in [3.8, 4) is 0 Å². The van der Waals surface area contributed by atoms with Crippen LogP contribution in [0, 0.1) is 19.7 Å². The van der Waals surface area contributed by atoms with Gasteiger partial charge in [-0.2, -0.15) is 0 Å². The molecule has 0 aliphatic rings. The molecule has 1 amide bonds. The Morgan fingerprint density at radius 2 is 1.70 bits per heavy atom. The quantitative estimate of drug-likeness (QED) is 0.615. The van der Waals surface area contributed by atoms with E-state index in [4.69, 9.17) is 4.74 Å². The molecular formula is C22H23FN2O4S. The molecular weight excluding hydrogens is 407 g/mol. The molecule has 30 heavy (non-hydrogen) atoms. The monoisotopic (exact) mass is 430 g/mol. The molecule has 158 valence electrons. The van der Waals surface area contributed by atoms with E-state index >= 15 is 0 Å². The smallest absolute Gasteiger partial charge is 0.259 e. The fraction of sp³-hybridized carbons (Fsp3) is 0.227. The molecule has 0 fully saturated rings. The number of carbonyl (C=O) groups is 1. The van der Waals surface area contributed by atoms with Gasteiger partial charge in [-0.1, -0.05) is 30.3 Å². The van der Waals surface area contributed by atoms with E-state index in [2.05, 4.69) is 5.32 Å². The average molecular weight is 431 g/mol. The van der Waals surface area contributed by atoms with Crippen molar-refractivity contribution >= 4 is 21.6 Å². The topological polar surface area (TPSA) is 77.4 Å². The van der Waals surface area contributed by atoms with Crippen LogP contribution in [-0.4, -0.2) is 32.6 Å². The fourth-order valence-electron chi connectivity index (χ4n) is 3.29. The number of hydrogen-bond donors (Lipinski definition) is 1. The summed E-state index contributed by atoms with van der Waals surface area (Å²) >= 11 is 0. The first-order chi connectivity index (χ1) is 14.3. The van der Waals surface area contributed by atoms with E-state index in [-0.39, 0.29) is 21.2 Å². The predicted octanol–water partition coefficient (Wildman–Crippen LogP) is 3.98. The number of carbonyl (C=O) groups excluding carboxylic acids is 1. The maximum Gasteiger partial charge on any atom is 0.259 e. The van der Waals surface area contributed by atoms with Gasteiger partial charge in [0.2, 0.25) is 9.84 Å². The largest absolute Gasteiger partial charge is 0.383 e. The molecule has 0 radical (unpaired) electrons. The number of anilines is 1. The average Bonchev–Trinajstić information content (AvgIpc) is 2.97. The van der Waals surface area contributed by atoms with E-state index in [1.54, 1.807) is 42.7 Å². The van der Waals surface area contributed by atoms with Gasteiger partial charge in [-0.25, -0.2) is 12.8 Å². The zero-order valence-electron chi connectivity index (χ0n) is 17.0. The Balaban J connectivity index is 2.18. The lowest BCUT2D eigenvalue weighted by Crippen LogP contribution is -2.20. The summed E-state index contributed by atoms with van der Waals surface area (Å²) in [7, 11) is -2.40. The van der Waals surface area contributed by atoms with Gasteiger partial charge in [0.05, 0.1) is 17.1 Å². The van der Waals surface area contributed by atoms with Crippen LogP contribution in [0.2, 0.25) is 0 Å². The lowest BCUT2D eigenvalue weighted by atomic mass is 10.2. The Kier molecular flexibility index (Phi) is 6.38. The number of ether oxygens (including phenoxy) is 1. The third-order valence-corrected chi connectivity index (χ3v) is 6.89. The number of amides is 1. The molecule has 8 heteroatoms. The molecule has 0 aliphatic carbocycles. The van der Waals surface area contributed by atoms with E-state index in [0.29, 0.717) is 24.4 Å². The van der Waals surface area contributed by atoms with Gasteiger partial charge in [0.1, 0.15) is 16.5 Å². The van der Waals surface area contributed by atoms with Crippen LogP contribution in [0.4, 0.5) is 10.2 Å². The van der Waals surface area contributed by atoms with Gasteiger partial charge in [-0.15, -0.1) is 0 Å². The highest BCUT2D eigenvalue weighted by Crippen LogP contribution is 2.35. The van der Waals surface area contributed by atoms with Crippen molar-refractivity contribution in [2.45, 2.75) is 30.2 Å². The molecule has 0 saturated carbocycles. The summed E-state index contributed by atoms with van der Waals surface area (Å²) in [4.78, 5) is 12.9. The normalized spacial score (nSPS) is 11.5. The molecule has 0 aliphatic heterocycles. The molecule has 6 nitrogen and oxygen atoms in total. The van der Waals surface area contributed by atoms with Crippen LogP contribution in [0.15, 0.2) is 64.4 Å². The predicted molar refractivity (Wildman–Crippen MR) is 112 cm³/mol. The van der Waals surface area contributed by atoms with Crippen molar-refractivity contribution in [3.63, 3.8) is 0 Å². The summed E-state index contributed by atoms with van der Waals surface area (Å²) in [6.07, 6.45) is 0. The summed E-state index contributed by atoms with van der Waals surface area (Å²) in [6.45, 7) is 4.09. The number of rotatable bonds is 7. The van der Waals surface area contributed by atoms with Crippen LogP contribution >= 0.6 is 0 Å². The van der Waals surface area contributed by atoms with Crippen molar-refractivity contribution in [2.24, 2.45) is 0 Å². The number of halogens is 1. The van der Waals surface area contributed by atoms with Crippen molar-refractivity contribution in [2.75, 3.05) is 19.0 Å². The van der Waals surface area contributed by atoms with E-state index in [1.807, 2.05) is 0 Å². The van der Waals surface area contributed by atoms with E-state index < -0.39 is 21.6 Å². The Morgan fingerprint density at radius 1 is 1.07 bits per heavy atom. The first kappa shape index (κ1) is 21.7. The van der Waals surface area contributed by atoms with Gasteiger partial charge in [-0.05, 0) is 43.7 Å². The molecule has 1 N–H and O–H groups in total. The first-order valence-electron chi connectivity index (χ1n) is 9.33. The molecule has 2 aromatic carbocycles. The second-order valence-corrected chi connectivity index (χ2v) is 8.67. The number of nitrogens with one attached hydrogen (secondary N) is 1. The van der Waals surface area contributed by atoms with Crippen molar-refractivity contribution in [1.29, 1.82) is 0 Å². The van der Waals surface area contributed by atoms with Crippen molar-refractivity contribution in [3.05, 3.63) is 77.2 Å². The minimum absolute atomic E-state index is 0.00741. The lowest BCUT2D eigenvalue weighted by molar-refractivity contribution is 0.102. The minimum atomic E-state index is -3.94. The fourth-order valence-corrected chi connectivity index (χ4v) is 5.01. The van der Waals surface area contributed by atoms with E-state index in [9.17, 15) is 17.6 Å². The summed E-state index contributed by atoms with van der Waals surface area (Å²) in [5.74, 6) is -1.32. The molecule has 0 spiro atoms. The molecule has 0 unspecified atom stereocenters. The van der Waals surface area contributed by atoms with Gasteiger partial charge >= 0.3 is 0 Å². The van der Waals surface area contributed by atoms with Gasteiger partial charge in [0.15, 0.2) is 0 Å². The number of benzene rings is 2. The molecule has 1 heterocycles. The van der Waals surface area contributed by atoms with Gasteiger partial charge in [0.25, 0.3) is 5.91 Å². The number of hydrogen-bond acceptors (Lipinski definition) is 4. The third kappa shape index (κ3) is 4.01. The molecule has 1 aromatic heterocycles. The van der Waals surface area contributed by atoms with E-state index in [0.717, 1.165) is 0 Å². The van der Waals surface area contributed by atoms with Gasteiger partial charge in [0, 0.05) is 19.3 Å². The maximum absolute atomic E-state index is 14.1. The number of sulfone groups is 1. The Morgan fingerprint density at radius 3 is 2.33 bits per heavy atom. The zero-order chi connectivity index (χ0) is 21.9. The van der Waals surface area contributed by atoms with Gasteiger partial charge < -0.3 is 14.6 Å². The van der Waals surface area contributed by atoms with Crippen molar-refractivity contribution < 1.29 is 22.3 Å². The second-order valence-electron chi connectivity index (χ2n) is 6.78. The van der Waals surface area contributed by atoms with Crippen LogP contribution in [0.1, 0.15) is 21.6 Å². The molecule has 3 aromatic rings. The van der Waals surface area contributed by atoms with Crippen LogP contribution < -0.4 is 5.32 Å². The Hall–Kier alpha value is -2.97. The highest BCUT2D eigenvalue weighted by atomic mass is 32.2. The summed E-state index contributed by atoms with van der Waals surface area (Å²) in [6, 6.07) is 13.5. The van der Waals surface area contributed by atoms with Crippen LogP contribution in [-0.2, 0) is 21.1 Å². The molecule has 3 rings (SSSR count). The summed E-state index contributed by atoms with van der Waals surface area (Å²) < 4.78 is 47.8. The van der Waals surface area contributed by atoms with Crippen LogP contribution in [0.3, 0.4) is 0 Å². The Labute approximate surface area is 175 Å². The highest BCUT2D eigenvalue weighted by Gasteiger charge is 2.30. The second kappa shape index (κ2) is 8.81. The number of methoxy groups -OCH3 is 1. The third-order valence-electron chi connectivity index (χ3n) is 4.96. The standard InChI is InChI=1S/C22H23FN2O4S/c1-15-16(2)25(13-14-29-3)21(24-22(26)18-11-7-8-12-19(18)23)20(15)30(27,28)17-9-5-4-6-10-17/h4-12H,13-14H2,1-3H3,(H,24,26). The Bertz CT molecular complexity index is 1170. The molecule has 0 atom stereocenters. The molecule has 0 saturated heterocycles. The lowest BCUT2D eigenvalue weighted by Gasteiger charge is -2.14. The zero-order valence-corrected chi connectivity index (χ0v) is 17.8. The van der Waals surface area contributed by atoms with Crippen LogP contribution in [0.25, 0.3) is 0 Å². The number of aromatic nitrogens is 1. The maximum atomic E-state index is 14.1. The first-order valence-corrected chi connectivity index (χ1v) is 10.8. The molecule has 0 bridgehead atoms. The summed E-state index contributed by atoms with van der Waals surface area (Å²) in [5.41, 5.74) is 1.01. The van der Waals surface area contributed by atoms with E-state index in [1.165, 1.54) is 37.4 Å². The van der Waals surface area contributed by atoms with Crippen molar-refractivity contribution in [1.82, 2.24) is 4.57 Å². The van der Waals surface area contributed by atoms with Gasteiger partial charge in [-0.3, -0.25) is 4.79 Å². The van der Waals surface area contributed by atoms with Crippen LogP contribution in [0.5, 0.6) is 0 Å².